The summed E-state index contributed by atoms with van der Waals surface area (Å²) in [5.41, 5.74) is 3.79. The van der Waals surface area contributed by atoms with Crippen LogP contribution < -0.4 is 10.1 Å². The molecule has 4 rings (SSSR count). The number of aromatic carboxylic acids is 1. The number of nitrogens with zero attached hydrogens (tertiary/aromatic N) is 2. The fourth-order valence-electron chi connectivity index (χ4n) is 3.51. The van der Waals surface area contributed by atoms with Gasteiger partial charge in [0.15, 0.2) is 5.13 Å². The molecule has 0 unspecified atom stereocenters. The fourth-order valence-corrected chi connectivity index (χ4v) is 5.42. The lowest BCUT2D eigenvalue weighted by molar-refractivity contribution is 0.0697. The highest BCUT2D eigenvalue weighted by Gasteiger charge is 2.19. The number of ether oxygens (including phenoxy) is 1. The Labute approximate surface area is 200 Å². The summed E-state index contributed by atoms with van der Waals surface area (Å²) in [7, 11) is 1.66. The number of aryl methyl sites for hydroxylation is 1. The summed E-state index contributed by atoms with van der Waals surface area (Å²) < 4.78 is 5.50. The number of benzene rings is 1. The third-order valence-corrected chi connectivity index (χ3v) is 7.03. The van der Waals surface area contributed by atoms with Crippen LogP contribution in [-0.2, 0) is 6.42 Å². The summed E-state index contributed by atoms with van der Waals surface area (Å²) in [5.74, 6) is 0.498. The van der Waals surface area contributed by atoms with Gasteiger partial charge in [0.1, 0.15) is 17.1 Å². The highest BCUT2D eigenvalue weighted by molar-refractivity contribution is 7.16. The molecular formula is C25H25N3O3S2. The van der Waals surface area contributed by atoms with Gasteiger partial charge in [-0.05, 0) is 48.4 Å². The molecule has 0 saturated carbocycles. The van der Waals surface area contributed by atoms with E-state index in [0.717, 1.165) is 44.3 Å². The first-order valence-electron chi connectivity index (χ1n) is 10.5. The molecule has 33 heavy (non-hydrogen) atoms. The molecule has 0 aliphatic carbocycles. The molecule has 0 saturated heterocycles. The summed E-state index contributed by atoms with van der Waals surface area (Å²) in [4.78, 5) is 23.3. The second-order valence-corrected chi connectivity index (χ2v) is 10.1. The first kappa shape index (κ1) is 22.9. The first-order valence-corrected chi connectivity index (χ1v) is 12.2. The summed E-state index contributed by atoms with van der Waals surface area (Å²) in [6.45, 7) is 6.34. The van der Waals surface area contributed by atoms with Crippen LogP contribution in [-0.4, -0.2) is 28.2 Å². The molecule has 0 fully saturated rings. The Morgan fingerprint density at radius 2 is 2.03 bits per heavy atom. The van der Waals surface area contributed by atoms with Crippen LogP contribution in [0.2, 0.25) is 0 Å². The molecule has 0 atom stereocenters. The summed E-state index contributed by atoms with van der Waals surface area (Å²) >= 11 is 3.07. The maximum absolute atomic E-state index is 12.0. The lowest BCUT2D eigenvalue weighted by Gasteiger charge is -2.09. The van der Waals surface area contributed by atoms with Gasteiger partial charge in [0.2, 0.25) is 0 Å². The van der Waals surface area contributed by atoms with Crippen LogP contribution in [0.25, 0.3) is 21.7 Å². The Balaban J connectivity index is 1.72. The predicted octanol–water partition coefficient (Wildman–Crippen LogP) is 6.89. The zero-order valence-corrected chi connectivity index (χ0v) is 20.5. The molecule has 0 aliphatic heterocycles. The second kappa shape index (κ2) is 9.72. The number of thiophene rings is 1. The number of pyridine rings is 1. The largest absolute Gasteiger partial charge is 0.496 e. The van der Waals surface area contributed by atoms with E-state index in [9.17, 15) is 9.90 Å². The van der Waals surface area contributed by atoms with Gasteiger partial charge in [-0.3, -0.25) is 0 Å². The second-order valence-electron chi connectivity index (χ2n) is 8.10. The molecule has 0 bridgehead atoms. The first-order chi connectivity index (χ1) is 15.9. The van der Waals surface area contributed by atoms with E-state index in [1.54, 1.807) is 30.7 Å². The van der Waals surface area contributed by atoms with Gasteiger partial charge in [0.05, 0.1) is 12.8 Å². The number of carboxylic acids is 1. The standard InChI is InChI=1S/C25H25N3O3S2/c1-14(2)10-21-22(16-8-7-15(3)19(12-16)31-4)27-25(33-21)28-23-18(24(29)30)11-17(13-26-23)20-6-5-9-32-20/h5-9,11-14H,10H2,1-4H3,(H,29,30)(H,26,27,28). The fraction of sp³-hybridized carbons (Fsp3) is 0.240. The van der Waals surface area contributed by atoms with Gasteiger partial charge in [-0.15, -0.1) is 22.7 Å². The number of methoxy groups -OCH3 is 1. The van der Waals surface area contributed by atoms with Gasteiger partial charge in [-0.2, -0.15) is 0 Å². The van der Waals surface area contributed by atoms with Crippen molar-refractivity contribution in [3.05, 3.63) is 64.0 Å². The van der Waals surface area contributed by atoms with E-state index in [2.05, 4.69) is 24.1 Å². The Morgan fingerprint density at radius 1 is 1.21 bits per heavy atom. The van der Waals surface area contributed by atoms with Crippen LogP contribution in [0.1, 0.15) is 34.6 Å². The molecule has 0 aliphatic rings. The predicted molar refractivity (Wildman–Crippen MR) is 135 cm³/mol. The van der Waals surface area contributed by atoms with E-state index in [-0.39, 0.29) is 11.4 Å². The zero-order valence-electron chi connectivity index (χ0n) is 18.9. The number of carboxylic acid groups (broad SMARTS) is 1. The van der Waals surface area contributed by atoms with E-state index >= 15 is 0 Å². The van der Waals surface area contributed by atoms with Gasteiger partial charge in [0.25, 0.3) is 0 Å². The van der Waals surface area contributed by atoms with Crippen molar-refractivity contribution in [1.82, 2.24) is 9.97 Å². The molecule has 1 aromatic carbocycles. The number of carbonyl (C=O) groups is 1. The summed E-state index contributed by atoms with van der Waals surface area (Å²) in [6, 6.07) is 11.6. The van der Waals surface area contributed by atoms with Crippen molar-refractivity contribution in [3.63, 3.8) is 0 Å². The molecule has 8 heteroatoms. The van der Waals surface area contributed by atoms with Crippen LogP contribution in [0.5, 0.6) is 5.75 Å². The maximum Gasteiger partial charge on any atom is 0.339 e. The minimum absolute atomic E-state index is 0.111. The smallest absolute Gasteiger partial charge is 0.339 e. The number of aromatic nitrogens is 2. The van der Waals surface area contributed by atoms with Crippen molar-refractivity contribution in [2.24, 2.45) is 5.92 Å². The average Bonchev–Trinajstić information content (AvgIpc) is 3.44. The van der Waals surface area contributed by atoms with Crippen LogP contribution in [0, 0.1) is 12.8 Å². The monoisotopic (exact) mass is 479 g/mol. The van der Waals surface area contributed by atoms with Gasteiger partial charge < -0.3 is 15.2 Å². The Morgan fingerprint density at radius 3 is 2.70 bits per heavy atom. The number of hydrogen-bond acceptors (Lipinski definition) is 7. The highest BCUT2D eigenvalue weighted by Crippen LogP contribution is 2.37. The number of rotatable bonds is 8. The van der Waals surface area contributed by atoms with Gasteiger partial charge >= 0.3 is 5.97 Å². The van der Waals surface area contributed by atoms with Crippen LogP contribution in [0.15, 0.2) is 48.0 Å². The molecule has 3 heterocycles. The molecule has 0 radical (unpaired) electrons. The summed E-state index contributed by atoms with van der Waals surface area (Å²) in [5, 5.41) is 15.5. The Kier molecular flexibility index (Phi) is 6.76. The van der Waals surface area contributed by atoms with Crippen molar-refractivity contribution >= 4 is 39.6 Å². The lowest BCUT2D eigenvalue weighted by atomic mass is 10.0. The lowest BCUT2D eigenvalue weighted by Crippen LogP contribution is -2.05. The zero-order chi connectivity index (χ0) is 23.5. The number of hydrogen-bond donors (Lipinski definition) is 2. The number of thiazole rings is 1. The van der Waals surface area contributed by atoms with Crippen molar-refractivity contribution in [3.8, 4) is 27.4 Å². The molecule has 3 aromatic heterocycles. The molecule has 0 spiro atoms. The summed E-state index contributed by atoms with van der Waals surface area (Å²) in [6.07, 6.45) is 2.55. The third-order valence-electron chi connectivity index (χ3n) is 5.12. The molecule has 170 valence electrons. The molecule has 0 amide bonds. The number of nitrogens with one attached hydrogen (secondary N) is 1. The van der Waals surface area contributed by atoms with Crippen molar-refractivity contribution in [1.29, 1.82) is 0 Å². The molecule has 2 N–H and O–H groups in total. The van der Waals surface area contributed by atoms with E-state index in [1.807, 2.05) is 42.6 Å². The Hall–Kier alpha value is -3.23. The third kappa shape index (κ3) is 5.07. The minimum atomic E-state index is -1.04. The highest BCUT2D eigenvalue weighted by atomic mass is 32.1. The van der Waals surface area contributed by atoms with E-state index in [4.69, 9.17) is 9.72 Å². The van der Waals surface area contributed by atoms with E-state index in [0.29, 0.717) is 11.0 Å². The van der Waals surface area contributed by atoms with E-state index in [1.165, 1.54) is 11.3 Å². The van der Waals surface area contributed by atoms with E-state index < -0.39 is 5.97 Å². The van der Waals surface area contributed by atoms with Crippen LogP contribution in [0.4, 0.5) is 10.9 Å². The van der Waals surface area contributed by atoms with Crippen LogP contribution >= 0.6 is 22.7 Å². The minimum Gasteiger partial charge on any atom is -0.496 e. The number of anilines is 2. The van der Waals surface area contributed by atoms with Crippen molar-refractivity contribution < 1.29 is 14.6 Å². The quantitative estimate of drug-likeness (QED) is 0.286. The van der Waals surface area contributed by atoms with Crippen LogP contribution in [0.3, 0.4) is 0 Å². The molecule has 4 aromatic rings. The molecular weight excluding hydrogens is 454 g/mol. The average molecular weight is 480 g/mol. The van der Waals surface area contributed by atoms with Gasteiger partial charge in [-0.25, -0.2) is 14.8 Å². The Bertz CT molecular complexity index is 1280. The van der Waals surface area contributed by atoms with Gasteiger partial charge in [-0.1, -0.05) is 32.0 Å². The normalized spacial score (nSPS) is 11.1. The van der Waals surface area contributed by atoms with Gasteiger partial charge in [0, 0.05) is 27.1 Å². The SMILES string of the molecule is COc1cc(-c2nc(Nc3ncc(-c4cccs4)cc3C(=O)O)sc2CC(C)C)ccc1C. The topological polar surface area (TPSA) is 84.3 Å². The maximum atomic E-state index is 12.0. The van der Waals surface area contributed by atoms with Crippen molar-refractivity contribution in [2.45, 2.75) is 27.2 Å². The van der Waals surface area contributed by atoms with Crippen molar-refractivity contribution in [2.75, 3.05) is 12.4 Å². The molecule has 6 nitrogen and oxygen atoms in total.